The van der Waals surface area contributed by atoms with E-state index in [9.17, 15) is 9.59 Å². The lowest BCUT2D eigenvalue weighted by atomic mass is 9.86. The topological polar surface area (TPSA) is 81.9 Å². The molecule has 0 radical (unpaired) electrons. The van der Waals surface area contributed by atoms with Gasteiger partial charge >= 0.3 is 11.9 Å². The van der Waals surface area contributed by atoms with E-state index >= 15 is 0 Å². The molecule has 0 aliphatic heterocycles. The summed E-state index contributed by atoms with van der Waals surface area (Å²) < 4.78 is 12.0. The van der Waals surface area contributed by atoms with E-state index in [0.717, 1.165) is 109 Å². The van der Waals surface area contributed by atoms with Crippen LogP contribution in [0.25, 0.3) is 0 Å². The third-order valence-electron chi connectivity index (χ3n) is 11.0. The Hall–Kier alpha value is -1.14. The fourth-order valence-electron chi connectivity index (χ4n) is 7.19. The molecule has 0 aromatic rings. The van der Waals surface area contributed by atoms with Crippen molar-refractivity contribution in [3.63, 3.8) is 0 Å². The quantitative estimate of drug-likeness (QED) is 0.0292. The number of carbonyl (C=O) groups excluding carboxylic acids is 2. The van der Waals surface area contributed by atoms with E-state index in [1.807, 2.05) is 18.9 Å². The van der Waals surface area contributed by atoms with Crippen LogP contribution in [-0.2, 0) is 19.1 Å². The van der Waals surface area contributed by atoms with Crippen molar-refractivity contribution < 1.29 is 19.1 Å². The van der Waals surface area contributed by atoms with Gasteiger partial charge in [0.2, 0.25) is 0 Å². The first-order valence-electron chi connectivity index (χ1n) is 23.1. The summed E-state index contributed by atoms with van der Waals surface area (Å²) in [6.07, 6.45) is 38.5. The summed E-state index contributed by atoms with van der Waals surface area (Å²) in [6.45, 7) is 14.9. The lowest BCUT2D eigenvalue weighted by Gasteiger charge is -2.26. The molecule has 0 bridgehead atoms. The van der Waals surface area contributed by atoms with Gasteiger partial charge in [-0.2, -0.15) is 0 Å². The molecule has 0 aromatic carbocycles. The van der Waals surface area contributed by atoms with E-state index in [1.165, 1.54) is 109 Å². The summed E-state index contributed by atoms with van der Waals surface area (Å²) >= 11 is 0. The van der Waals surface area contributed by atoms with E-state index < -0.39 is 5.41 Å². The number of rotatable bonds is 40. The summed E-state index contributed by atoms with van der Waals surface area (Å²) in [5.74, 6) is 6.28. The number of carbonyl (C=O) groups is 2. The third-order valence-corrected chi connectivity index (χ3v) is 11.0. The van der Waals surface area contributed by atoms with Crippen molar-refractivity contribution in [2.75, 3.05) is 13.1 Å². The van der Waals surface area contributed by atoms with Crippen LogP contribution < -0.4 is 5.84 Å². The van der Waals surface area contributed by atoms with Gasteiger partial charge in [-0.3, -0.25) is 15.4 Å². The van der Waals surface area contributed by atoms with Gasteiger partial charge in [0.1, 0.15) is 12.2 Å². The summed E-state index contributed by atoms with van der Waals surface area (Å²) in [4.78, 5) is 25.6. The van der Waals surface area contributed by atoms with Gasteiger partial charge in [0.25, 0.3) is 0 Å². The number of unbranched alkanes of at least 4 members (excludes halogenated alkanes) is 22. The summed E-state index contributed by atoms with van der Waals surface area (Å²) in [5.41, 5.74) is -0.419. The Morgan fingerprint density at radius 3 is 1.35 bits per heavy atom. The maximum atomic E-state index is 12.9. The molecule has 52 heavy (non-hydrogen) atoms. The molecule has 2 N–H and O–H groups in total. The second-order valence-electron chi connectivity index (χ2n) is 16.8. The molecule has 310 valence electrons. The van der Waals surface area contributed by atoms with Crippen molar-refractivity contribution >= 4 is 11.9 Å². The third kappa shape index (κ3) is 32.3. The molecule has 1 atom stereocenters. The minimum absolute atomic E-state index is 0.0162. The molecular formula is C46H92N2O4. The van der Waals surface area contributed by atoms with Gasteiger partial charge in [-0.1, -0.05) is 163 Å². The van der Waals surface area contributed by atoms with Crippen LogP contribution in [0, 0.1) is 5.41 Å². The van der Waals surface area contributed by atoms with Crippen LogP contribution >= 0.6 is 0 Å². The molecule has 0 rings (SSSR count). The van der Waals surface area contributed by atoms with E-state index in [2.05, 4.69) is 27.7 Å². The minimum Gasteiger partial charge on any atom is -0.462 e. The number of nitrogens with zero attached hydrogens (tertiary/aromatic N) is 1. The number of hydrogen-bond acceptors (Lipinski definition) is 6. The molecule has 0 aliphatic carbocycles. The average molecular weight is 737 g/mol. The lowest BCUT2D eigenvalue weighted by Crippen LogP contribution is -2.33. The van der Waals surface area contributed by atoms with Crippen molar-refractivity contribution in [1.82, 2.24) is 5.01 Å². The van der Waals surface area contributed by atoms with Crippen molar-refractivity contribution in [3.8, 4) is 0 Å². The molecule has 6 heteroatoms. The van der Waals surface area contributed by atoms with E-state index in [-0.39, 0.29) is 24.1 Å². The van der Waals surface area contributed by atoms with Crippen LogP contribution in [0.1, 0.15) is 253 Å². The summed E-state index contributed by atoms with van der Waals surface area (Å²) in [5, 5.41) is 1.97. The molecule has 0 aliphatic rings. The zero-order chi connectivity index (χ0) is 38.5. The SMILES string of the molecule is CCCCCCCCC(CCCCCCCC)OC(=O)CCCCCCCN(N)CCCCCCC(C)(C)C(=O)OC(CC)CCCCCCCC. The zero-order valence-electron chi connectivity index (χ0n) is 36.1. The summed E-state index contributed by atoms with van der Waals surface area (Å²) in [7, 11) is 0. The second kappa shape index (κ2) is 36.8. The Balaban J connectivity index is 4.01. The van der Waals surface area contributed by atoms with Crippen LogP contribution in [0.4, 0.5) is 0 Å². The van der Waals surface area contributed by atoms with Crippen LogP contribution in [0.2, 0.25) is 0 Å². The van der Waals surface area contributed by atoms with Gasteiger partial charge in [0, 0.05) is 19.5 Å². The Kier molecular flexibility index (Phi) is 36.0. The maximum Gasteiger partial charge on any atom is 0.311 e. The number of nitrogens with two attached hydrogens (primary N) is 1. The first-order chi connectivity index (χ1) is 25.2. The number of hydrazine groups is 1. The van der Waals surface area contributed by atoms with Gasteiger partial charge in [0.05, 0.1) is 5.41 Å². The van der Waals surface area contributed by atoms with E-state index in [1.54, 1.807) is 0 Å². The maximum absolute atomic E-state index is 12.9. The molecule has 0 spiro atoms. The monoisotopic (exact) mass is 737 g/mol. The fraction of sp³-hybridized carbons (Fsp3) is 0.957. The fourth-order valence-corrected chi connectivity index (χ4v) is 7.19. The normalized spacial score (nSPS) is 12.6. The smallest absolute Gasteiger partial charge is 0.311 e. The van der Waals surface area contributed by atoms with Gasteiger partial charge in [-0.25, -0.2) is 5.01 Å². The molecule has 0 heterocycles. The number of esters is 2. The van der Waals surface area contributed by atoms with Gasteiger partial charge in [-0.05, 0) is 84.5 Å². The highest BCUT2D eigenvalue weighted by atomic mass is 16.5. The van der Waals surface area contributed by atoms with Gasteiger partial charge in [0.15, 0.2) is 0 Å². The first-order valence-corrected chi connectivity index (χ1v) is 23.1. The second-order valence-corrected chi connectivity index (χ2v) is 16.8. The highest BCUT2D eigenvalue weighted by Crippen LogP contribution is 2.28. The predicted octanol–water partition coefficient (Wildman–Crippen LogP) is 14.0. The Bertz CT molecular complexity index is 772. The largest absolute Gasteiger partial charge is 0.462 e. The van der Waals surface area contributed by atoms with Gasteiger partial charge in [-0.15, -0.1) is 0 Å². The first kappa shape index (κ1) is 50.9. The zero-order valence-corrected chi connectivity index (χ0v) is 36.1. The highest BCUT2D eigenvalue weighted by molar-refractivity contribution is 5.76. The highest BCUT2D eigenvalue weighted by Gasteiger charge is 2.30. The van der Waals surface area contributed by atoms with Crippen molar-refractivity contribution in [2.24, 2.45) is 11.3 Å². The Morgan fingerprint density at radius 1 is 0.500 bits per heavy atom. The Labute approximate surface area is 325 Å². The van der Waals surface area contributed by atoms with E-state index in [0.29, 0.717) is 6.42 Å². The Morgan fingerprint density at radius 2 is 0.885 bits per heavy atom. The average Bonchev–Trinajstić information content (AvgIpc) is 3.12. The molecule has 0 saturated carbocycles. The van der Waals surface area contributed by atoms with Crippen LogP contribution in [0.15, 0.2) is 0 Å². The molecule has 6 nitrogen and oxygen atoms in total. The molecule has 0 aromatic heterocycles. The van der Waals surface area contributed by atoms with Crippen molar-refractivity contribution in [1.29, 1.82) is 0 Å². The van der Waals surface area contributed by atoms with E-state index in [4.69, 9.17) is 15.3 Å². The predicted molar refractivity (Wildman–Crippen MR) is 224 cm³/mol. The number of ether oxygens (including phenoxy) is 2. The lowest BCUT2D eigenvalue weighted by molar-refractivity contribution is -0.160. The van der Waals surface area contributed by atoms with Crippen LogP contribution in [0.5, 0.6) is 0 Å². The van der Waals surface area contributed by atoms with Crippen LogP contribution in [0.3, 0.4) is 0 Å². The molecule has 0 fully saturated rings. The number of hydrogen-bond donors (Lipinski definition) is 1. The van der Waals surface area contributed by atoms with Crippen molar-refractivity contribution in [3.05, 3.63) is 0 Å². The standard InChI is InChI=1S/C46H92N2O4/c1-7-11-14-17-21-28-35-42(10-4)52-45(50)46(5,6)39-32-25-27-34-41-48(47)40-33-26-20-24-31-38-44(49)51-43(36-29-22-18-15-12-8-2)37-30-23-19-16-13-9-3/h42-43H,7-41,47H2,1-6H3. The molecule has 0 amide bonds. The van der Waals surface area contributed by atoms with Crippen molar-refractivity contribution in [2.45, 2.75) is 266 Å². The molecular weight excluding hydrogens is 645 g/mol. The molecule has 1 unspecified atom stereocenters. The van der Waals surface area contributed by atoms with Gasteiger partial charge < -0.3 is 9.47 Å². The summed E-state index contributed by atoms with van der Waals surface area (Å²) in [6, 6.07) is 0. The van der Waals surface area contributed by atoms with Crippen LogP contribution in [-0.4, -0.2) is 42.2 Å². The minimum atomic E-state index is -0.419. The molecule has 0 saturated heterocycles.